The molecule has 1 aliphatic heterocycles. The zero-order valence-electron chi connectivity index (χ0n) is 21.2. The molecule has 0 saturated carbocycles. The van der Waals surface area contributed by atoms with Gasteiger partial charge in [0.25, 0.3) is 0 Å². The van der Waals surface area contributed by atoms with E-state index >= 15 is 0 Å². The van der Waals surface area contributed by atoms with Gasteiger partial charge >= 0.3 is 0 Å². The topological polar surface area (TPSA) is 95.6 Å². The molecule has 1 fully saturated rings. The summed E-state index contributed by atoms with van der Waals surface area (Å²) in [5, 5.41) is 5.48. The van der Waals surface area contributed by atoms with E-state index < -0.39 is 42.0 Å². The van der Waals surface area contributed by atoms with Crippen molar-refractivity contribution in [1.82, 2.24) is 15.5 Å². The lowest BCUT2D eigenvalue weighted by molar-refractivity contribution is -0.142. The van der Waals surface area contributed by atoms with Crippen molar-refractivity contribution >= 4 is 23.5 Å². The molecule has 2 aromatic rings. The second kappa shape index (κ2) is 11.9. The van der Waals surface area contributed by atoms with E-state index in [0.29, 0.717) is 5.92 Å². The molecule has 36 heavy (non-hydrogen) atoms. The highest BCUT2D eigenvalue weighted by molar-refractivity contribution is 5.95. The van der Waals surface area contributed by atoms with Gasteiger partial charge in [0.05, 0.1) is 12.6 Å². The molecule has 4 atom stereocenters. The second-order valence-corrected chi connectivity index (χ2v) is 9.67. The molecule has 0 spiro atoms. The van der Waals surface area contributed by atoms with E-state index in [9.17, 15) is 23.6 Å². The summed E-state index contributed by atoms with van der Waals surface area (Å²) in [6, 6.07) is 14.7. The smallest absolute Gasteiger partial charge is 0.246 e. The number of ketones is 1. The number of hydrogen-bond acceptors (Lipinski definition) is 4. The van der Waals surface area contributed by atoms with Crippen LogP contribution in [-0.4, -0.2) is 53.2 Å². The molecule has 0 unspecified atom stereocenters. The van der Waals surface area contributed by atoms with Crippen LogP contribution in [0, 0.1) is 0 Å². The molecule has 3 rings (SSSR count). The maximum absolute atomic E-state index is 14.5. The van der Waals surface area contributed by atoms with E-state index in [0.717, 1.165) is 16.0 Å². The Labute approximate surface area is 211 Å². The number of rotatable bonds is 9. The summed E-state index contributed by atoms with van der Waals surface area (Å²) in [4.78, 5) is 51.1. The maximum atomic E-state index is 14.5. The summed E-state index contributed by atoms with van der Waals surface area (Å²) in [7, 11) is 0. The molecule has 3 amide bonds. The molecule has 2 N–H and O–H groups in total. The Kier molecular flexibility index (Phi) is 8.96. The lowest BCUT2D eigenvalue weighted by Gasteiger charge is -2.29. The molecule has 0 aliphatic carbocycles. The van der Waals surface area contributed by atoms with Gasteiger partial charge in [0, 0.05) is 19.8 Å². The standard InChI is InChI=1S/C28H34FN3O4/c1-17(2)20-10-12-22(13-11-20)26(21-8-6-5-7-9-21)31-27(35)25-15-23(29)16-32(25)28(36)24(14-18(3)33)30-19(4)34/h5-13,17,23-26H,14-16H2,1-4H3,(H,30,34)(H,31,35)/t23-,24+,25+,26+/m1/s1. The first-order valence-electron chi connectivity index (χ1n) is 12.2. The van der Waals surface area contributed by atoms with Gasteiger partial charge in [-0.15, -0.1) is 0 Å². The number of Topliss-reactive ketones (excluding diaryl/α,β-unsaturated/α-hetero) is 1. The van der Waals surface area contributed by atoms with Crippen molar-refractivity contribution in [2.45, 2.75) is 70.8 Å². The van der Waals surface area contributed by atoms with Crippen LogP contribution in [-0.2, 0) is 19.2 Å². The van der Waals surface area contributed by atoms with Crippen LogP contribution in [0.2, 0.25) is 0 Å². The van der Waals surface area contributed by atoms with Crippen molar-refractivity contribution in [2.24, 2.45) is 0 Å². The third-order valence-electron chi connectivity index (χ3n) is 6.36. The van der Waals surface area contributed by atoms with E-state index in [2.05, 4.69) is 24.5 Å². The predicted molar refractivity (Wildman–Crippen MR) is 135 cm³/mol. The van der Waals surface area contributed by atoms with Crippen LogP contribution in [0.1, 0.15) is 69.2 Å². The lowest BCUT2D eigenvalue weighted by atomic mass is 9.95. The summed E-state index contributed by atoms with van der Waals surface area (Å²) >= 11 is 0. The fourth-order valence-electron chi connectivity index (χ4n) is 4.53. The number of halogens is 1. The number of hydrogen-bond donors (Lipinski definition) is 2. The number of carbonyl (C=O) groups is 4. The minimum Gasteiger partial charge on any atom is -0.344 e. The highest BCUT2D eigenvalue weighted by atomic mass is 19.1. The second-order valence-electron chi connectivity index (χ2n) is 9.67. The van der Waals surface area contributed by atoms with Crippen molar-refractivity contribution in [3.05, 3.63) is 71.3 Å². The summed E-state index contributed by atoms with van der Waals surface area (Å²) in [5.74, 6) is -1.56. The summed E-state index contributed by atoms with van der Waals surface area (Å²) < 4.78 is 14.5. The molecule has 192 valence electrons. The Morgan fingerprint density at radius 1 is 0.917 bits per heavy atom. The first kappa shape index (κ1) is 27.0. The van der Waals surface area contributed by atoms with E-state index in [1.165, 1.54) is 19.4 Å². The van der Waals surface area contributed by atoms with Gasteiger partial charge in [0.2, 0.25) is 17.7 Å². The van der Waals surface area contributed by atoms with Crippen molar-refractivity contribution in [2.75, 3.05) is 6.54 Å². The van der Waals surface area contributed by atoms with E-state index in [1.54, 1.807) is 0 Å². The van der Waals surface area contributed by atoms with Crippen LogP contribution in [0.3, 0.4) is 0 Å². The van der Waals surface area contributed by atoms with Crippen LogP contribution in [0.15, 0.2) is 54.6 Å². The Balaban J connectivity index is 1.87. The molecule has 1 saturated heterocycles. The molecule has 2 aromatic carbocycles. The van der Waals surface area contributed by atoms with Crippen LogP contribution in [0.25, 0.3) is 0 Å². The van der Waals surface area contributed by atoms with Gasteiger partial charge in [-0.1, -0.05) is 68.4 Å². The zero-order chi connectivity index (χ0) is 26.4. The Morgan fingerprint density at radius 2 is 1.50 bits per heavy atom. The van der Waals surface area contributed by atoms with Gasteiger partial charge in [-0.2, -0.15) is 0 Å². The largest absolute Gasteiger partial charge is 0.344 e. The molecule has 7 nitrogen and oxygen atoms in total. The molecule has 8 heteroatoms. The molecular formula is C28H34FN3O4. The number of nitrogens with zero attached hydrogens (tertiary/aromatic N) is 1. The van der Waals surface area contributed by atoms with E-state index in [4.69, 9.17) is 0 Å². The Hall–Kier alpha value is -3.55. The molecule has 0 radical (unpaired) electrons. The van der Waals surface area contributed by atoms with E-state index in [-0.39, 0.29) is 25.2 Å². The van der Waals surface area contributed by atoms with Crippen LogP contribution in [0.5, 0.6) is 0 Å². The van der Waals surface area contributed by atoms with Crippen LogP contribution in [0.4, 0.5) is 4.39 Å². The molecule has 1 heterocycles. The SMILES string of the molecule is CC(=O)C[C@H](NC(C)=O)C(=O)N1C[C@H](F)C[C@H]1C(=O)N[C@@H](c1ccccc1)c1ccc(C(C)C)cc1. The van der Waals surface area contributed by atoms with Crippen molar-refractivity contribution in [3.8, 4) is 0 Å². The zero-order valence-corrected chi connectivity index (χ0v) is 21.2. The van der Waals surface area contributed by atoms with Crippen LogP contribution < -0.4 is 10.6 Å². The number of amides is 3. The van der Waals surface area contributed by atoms with Gasteiger partial charge in [0.1, 0.15) is 24.0 Å². The number of alkyl halides is 1. The fourth-order valence-corrected chi connectivity index (χ4v) is 4.53. The van der Waals surface area contributed by atoms with Crippen molar-refractivity contribution in [1.29, 1.82) is 0 Å². The van der Waals surface area contributed by atoms with Crippen molar-refractivity contribution in [3.63, 3.8) is 0 Å². The Morgan fingerprint density at radius 3 is 2.06 bits per heavy atom. The quantitative estimate of drug-likeness (QED) is 0.557. The first-order valence-corrected chi connectivity index (χ1v) is 12.2. The van der Waals surface area contributed by atoms with Gasteiger partial charge in [-0.05, 0) is 29.5 Å². The number of likely N-dealkylation sites (tertiary alicyclic amines) is 1. The summed E-state index contributed by atoms with van der Waals surface area (Å²) in [5.41, 5.74) is 2.88. The lowest BCUT2D eigenvalue weighted by Crippen LogP contribution is -2.54. The monoisotopic (exact) mass is 495 g/mol. The normalized spacial score (nSPS) is 19.0. The minimum atomic E-state index is -1.39. The average Bonchev–Trinajstić information content (AvgIpc) is 3.23. The van der Waals surface area contributed by atoms with Gasteiger partial charge < -0.3 is 15.5 Å². The number of benzene rings is 2. The average molecular weight is 496 g/mol. The van der Waals surface area contributed by atoms with E-state index in [1.807, 2.05) is 54.6 Å². The highest BCUT2D eigenvalue weighted by Crippen LogP contribution is 2.27. The van der Waals surface area contributed by atoms with Gasteiger partial charge in [0.15, 0.2) is 0 Å². The number of carbonyl (C=O) groups excluding carboxylic acids is 4. The molecule has 1 aliphatic rings. The third-order valence-corrected chi connectivity index (χ3v) is 6.36. The Bertz CT molecular complexity index is 1070. The highest BCUT2D eigenvalue weighted by Gasteiger charge is 2.42. The summed E-state index contributed by atoms with van der Waals surface area (Å²) in [6.45, 7) is 6.48. The third kappa shape index (κ3) is 6.77. The number of nitrogens with one attached hydrogen (secondary N) is 2. The summed E-state index contributed by atoms with van der Waals surface area (Å²) in [6.07, 6.45) is -1.77. The molecular weight excluding hydrogens is 461 g/mol. The van der Waals surface area contributed by atoms with Crippen LogP contribution >= 0.6 is 0 Å². The predicted octanol–water partition coefficient (Wildman–Crippen LogP) is 3.44. The van der Waals surface area contributed by atoms with Gasteiger partial charge in [-0.3, -0.25) is 19.2 Å². The first-order chi connectivity index (χ1) is 17.1. The molecule has 0 aromatic heterocycles. The fraction of sp³-hybridized carbons (Fsp3) is 0.429. The minimum absolute atomic E-state index is 0.155. The van der Waals surface area contributed by atoms with Crippen molar-refractivity contribution < 1.29 is 23.6 Å². The molecule has 0 bridgehead atoms. The maximum Gasteiger partial charge on any atom is 0.246 e. The van der Waals surface area contributed by atoms with Gasteiger partial charge in [-0.25, -0.2) is 4.39 Å².